The molecule has 0 fully saturated rings. The summed E-state index contributed by atoms with van der Waals surface area (Å²) in [6.07, 6.45) is 44.4. The number of carbonyl (C=O) groups is 1. The molecule has 3 N–H and O–H groups in total. The van der Waals surface area contributed by atoms with Gasteiger partial charge in [-0.3, -0.25) is 13.8 Å². The maximum absolute atomic E-state index is 12.6. The van der Waals surface area contributed by atoms with Gasteiger partial charge in [0, 0.05) is 19.6 Å². The van der Waals surface area contributed by atoms with Gasteiger partial charge in [-0.2, -0.15) is 0 Å². The van der Waals surface area contributed by atoms with Crippen LogP contribution < -0.4 is 5.73 Å². The molecule has 51 heavy (non-hydrogen) atoms. The molecule has 0 spiro atoms. The number of carbonyl (C=O) groups excluding carboxylic acids is 1. The molecule has 0 aliphatic carbocycles. The van der Waals surface area contributed by atoms with Crippen molar-refractivity contribution in [3.63, 3.8) is 0 Å². The average molecular weight is 742 g/mol. The third-order valence-electron chi connectivity index (χ3n) is 8.78. The summed E-state index contributed by atoms with van der Waals surface area (Å²) in [5.41, 5.74) is 5.36. The first-order chi connectivity index (χ1) is 24.9. The van der Waals surface area contributed by atoms with Crippen molar-refractivity contribution in [2.24, 2.45) is 5.73 Å². The van der Waals surface area contributed by atoms with Crippen LogP contribution in [-0.4, -0.2) is 49.9 Å². The zero-order chi connectivity index (χ0) is 37.4. The van der Waals surface area contributed by atoms with Crippen LogP contribution >= 0.6 is 7.82 Å². The van der Waals surface area contributed by atoms with E-state index in [2.05, 4.69) is 50.3 Å². The van der Waals surface area contributed by atoms with Crippen molar-refractivity contribution in [3.8, 4) is 0 Å². The number of rotatable bonds is 40. The normalized spacial score (nSPS) is 13.9. The van der Waals surface area contributed by atoms with Crippen molar-refractivity contribution in [1.29, 1.82) is 0 Å². The molecule has 9 heteroatoms. The van der Waals surface area contributed by atoms with E-state index in [1.165, 1.54) is 116 Å². The monoisotopic (exact) mass is 742 g/mol. The van der Waals surface area contributed by atoms with Gasteiger partial charge in [0.15, 0.2) is 0 Å². The Bertz CT molecular complexity index is 879. The van der Waals surface area contributed by atoms with E-state index in [9.17, 15) is 14.3 Å². The number of phosphoric ester groups is 1. The first-order valence-corrected chi connectivity index (χ1v) is 22.5. The van der Waals surface area contributed by atoms with Crippen LogP contribution in [0.5, 0.6) is 0 Å². The van der Waals surface area contributed by atoms with E-state index in [1.807, 2.05) is 0 Å². The lowest BCUT2D eigenvalue weighted by molar-refractivity contribution is -0.154. The maximum atomic E-state index is 12.6. The predicted molar refractivity (Wildman–Crippen MR) is 215 cm³/mol. The SMILES string of the molecule is CCCC/C=C\C/C=C\CCCCCCCCOCC(COP(=O)(O)OCCN)OC(=O)CCCCCCCCC/C=C\CCCCCCCC. The number of nitrogens with two attached hydrogens (primary N) is 1. The summed E-state index contributed by atoms with van der Waals surface area (Å²) in [5, 5.41) is 0. The minimum Gasteiger partial charge on any atom is -0.457 e. The fourth-order valence-corrected chi connectivity index (χ4v) is 6.42. The van der Waals surface area contributed by atoms with Crippen molar-refractivity contribution in [2.45, 2.75) is 193 Å². The largest absolute Gasteiger partial charge is 0.472 e. The van der Waals surface area contributed by atoms with Gasteiger partial charge in [0.25, 0.3) is 0 Å². The summed E-state index contributed by atoms with van der Waals surface area (Å²) in [5.74, 6) is -0.339. The van der Waals surface area contributed by atoms with Crippen LogP contribution in [0, 0.1) is 0 Å². The van der Waals surface area contributed by atoms with Gasteiger partial charge in [-0.15, -0.1) is 0 Å². The van der Waals surface area contributed by atoms with Crippen molar-refractivity contribution >= 4 is 13.8 Å². The number of hydrogen-bond acceptors (Lipinski definition) is 7. The Labute approximate surface area is 314 Å². The Balaban J connectivity index is 4.06. The van der Waals surface area contributed by atoms with Crippen molar-refractivity contribution in [3.05, 3.63) is 36.5 Å². The molecule has 0 bridgehead atoms. The molecule has 0 aliphatic heterocycles. The Hall–Kier alpha value is -1.28. The molecule has 2 unspecified atom stereocenters. The standard InChI is InChI=1S/C42H80NO7P/c1-3-5-7-9-11-13-15-17-19-20-21-23-25-27-29-31-33-35-42(44)50-41(40-49-51(45,46)48-38-36-43)39-47-37-34-32-30-28-26-24-22-18-16-14-12-10-8-6-4-2/h10,12,16-19,41H,3-9,11,13-15,20-40,43H2,1-2H3,(H,45,46)/b12-10-,18-16-,19-17-. The van der Waals surface area contributed by atoms with Gasteiger partial charge in [0.2, 0.25) is 0 Å². The van der Waals surface area contributed by atoms with Crippen molar-refractivity contribution in [2.75, 3.05) is 33.0 Å². The second kappa shape index (κ2) is 39.9. The Morgan fingerprint density at radius 1 is 0.588 bits per heavy atom. The van der Waals surface area contributed by atoms with E-state index in [0.29, 0.717) is 13.0 Å². The molecule has 300 valence electrons. The maximum Gasteiger partial charge on any atom is 0.472 e. The van der Waals surface area contributed by atoms with Crippen LogP contribution in [0.15, 0.2) is 36.5 Å². The fraction of sp³-hybridized carbons (Fsp3) is 0.833. The number of unbranched alkanes of at least 4 members (excludes halogenated alkanes) is 21. The van der Waals surface area contributed by atoms with Gasteiger partial charge in [0.05, 0.1) is 19.8 Å². The molecule has 0 saturated carbocycles. The Morgan fingerprint density at radius 2 is 1.06 bits per heavy atom. The minimum absolute atomic E-state index is 0.0975. The average Bonchev–Trinajstić information content (AvgIpc) is 3.12. The third kappa shape index (κ3) is 39.8. The summed E-state index contributed by atoms with van der Waals surface area (Å²) < 4.78 is 33.4. The zero-order valence-corrected chi connectivity index (χ0v) is 34.0. The van der Waals surface area contributed by atoms with Gasteiger partial charge in [0.1, 0.15) is 6.10 Å². The lowest BCUT2D eigenvalue weighted by atomic mass is 10.1. The molecule has 0 amide bonds. The molecule has 0 rings (SSSR count). The van der Waals surface area contributed by atoms with Crippen molar-refractivity contribution < 1.29 is 32.8 Å². The molecule has 0 aromatic carbocycles. The number of hydrogen-bond donors (Lipinski definition) is 2. The van der Waals surface area contributed by atoms with Crippen LogP contribution in [0.4, 0.5) is 0 Å². The quantitative estimate of drug-likeness (QED) is 0.0276. The molecule has 8 nitrogen and oxygen atoms in total. The predicted octanol–water partition coefficient (Wildman–Crippen LogP) is 12.2. The molecule has 0 aliphatic rings. The number of ether oxygens (including phenoxy) is 2. The highest BCUT2D eigenvalue weighted by Gasteiger charge is 2.25. The van der Waals surface area contributed by atoms with Crippen LogP contribution in [0.1, 0.15) is 187 Å². The highest BCUT2D eigenvalue weighted by Crippen LogP contribution is 2.43. The molecular weight excluding hydrogens is 661 g/mol. The highest BCUT2D eigenvalue weighted by atomic mass is 31.2. The van der Waals surface area contributed by atoms with Gasteiger partial charge in [-0.05, 0) is 64.2 Å². The zero-order valence-electron chi connectivity index (χ0n) is 33.1. The van der Waals surface area contributed by atoms with Crippen LogP contribution in [0.25, 0.3) is 0 Å². The first-order valence-electron chi connectivity index (χ1n) is 21.0. The minimum atomic E-state index is -4.28. The second-order valence-electron chi connectivity index (χ2n) is 13.8. The summed E-state index contributed by atoms with van der Waals surface area (Å²) in [6, 6.07) is 0. The second-order valence-corrected chi connectivity index (χ2v) is 15.3. The van der Waals surface area contributed by atoms with Gasteiger partial charge >= 0.3 is 13.8 Å². The first kappa shape index (κ1) is 49.7. The van der Waals surface area contributed by atoms with E-state index in [-0.39, 0.29) is 32.3 Å². The lowest BCUT2D eigenvalue weighted by Crippen LogP contribution is -2.28. The molecule has 0 aromatic rings. The van der Waals surface area contributed by atoms with Gasteiger partial charge < -0.3 is 20.1 Å². The van der Waals surface area contributed by atoms with Crippen molar-refractivity contribution in [1.82, 2.24) is 0 Å². The van der Waals surface area contributed by atoms with Crippen LogP contribution in [0.3, 0.4) is 0 Å². The van der Waals surface area contributed by atoms with E-state index >= 15 is 0 Å². The Morgan fingerprint density at radius 3 is 1.61 bits per heavy atom. The molecule has 0 heterocycles. The van der Waals surface area contributed by atoms with E-state index < -0.39 is 13.9 Å². The molecule has 0 aromatic heterocycles. The molecule has 2 atom stereocenters. The van der Waals surface area contributed by atoms with Crippen LogP contribution in [0.2, 0.25) is 0 Å². The summed E-state index contributed by atoms with van der Waals surface area (Å²) >= 11 is 0. The number of phosphoric acid groups is 1. The smallest absolute Gasteiger partial charge is 0.457 e. The number of allylic oxidation sites excluding steroid dienone is 6. The third-order valence-corrected chi connectivity index (χ3v) is 9.76. The molecular formula is C42H80NO7P. The van der Waals surface area contributed by atoms with Gasteiger partial charge in [-0.1, -0.05) is 153 Å². The highest BCUT2D eigenvalue weighted by molar-refractivity contribution is 7.47. The van der Waals surface area contributed by atoms with E-state index in [1.54, 1.807) is 0 Å². The summed E-state index contributed by atoms with van der Waals surface area (Å²) in [7, 11) is -4.28. The van der Waals surface area contributed by atoms with E-state index in [0.717, 1.165) is 51.4 Å². The summed E-state index contributed by atoms with van der Waals surface area (Å²) in [6.45, 7) is 4.85. The van der Waals surface area contributed by atoms with Gasteiger partial charge in [-0.25, -0.2) is 4.57 Å². The number of esters is 1. The van der Waals surface area contributed by atoms with Crippen LogP contribution in [-0.2, 0) is 27.9 Å². The molecule has 0 radical (unpaired) electrons. The van der Waals surface area contributed by atoms with E-state index in [4.69, 9.17) is 24.3 Å². The summed E-state index contributed by atoms with van der Waals surface area (Å²) in [4.78, 5) is 22.4. The molecule has 0 saturated heterocycles. The lowest BCUT2D eigenvalue weighted by Gasteiger charge is -2.20. The fourth-order valence-electron chi connectivity index (χ4n) is 5.65. The Kier molecular flexibility index (Phi) is 38.9. The topological polar surface area (TPSA) is 117 Å².